The molecule has 0 unspecified atom stereocenters. The van der Waals surface area contributed by atoms with Crippen LogP contribution in [0.2, 0.25) is 0 Å². The van der Waals surface area contributed by atoms with E-state index in [4.69, 9.17) is 0 Å². The highest BCUT2D eigenvalue weighted by molar-refractivity contribution is 9.09. The Morgan fingerprint density at radius 1 is 0.941 bits per heavy atom. The van der Waals surface area contributed by atoms with Gasteiger partial charge in [0.25, 0.3) is 11.4 Å². The zero-order valence-corrected chi connectivity index (χ0v) is 12.8. The van der Waals surface area contributed by atoms with Crippen LogP contribution in [-0.2, 0) is 0 Å². The first-order chi connectivity index (χ1) is 7.93. The highest BCUT2D eigenvalue weighted by Crippen LogP contribution is 2.55. The van der Waals surface area contributed by atoms with Gasteiger partial charge in [-0.15, -0.1) is 11.7 Å². The molecule has 0 aromatic carbocycles. The number of nitrogens with zero attached hydrogens (tertiary/aromatic N) is 1. The predicted octanol–water partition coefficient (Wildman–Crippen LogP) is 5.61. The molecular formula is C10H22BrF4NS. The standard InChI is InChI=1S/C6H12BrF.C4H10F3NS/c7-5-3-1-2-4-6-8;1-3-8(4-2)9(5,6)7/h1-6H2;3-4H2,1-2H3. The van der Waals surface area contributed by atoms with Crippen molar-refractivity contribution in [2.24, 2.45) is 0 Å². The summed E-state index contributed by atoms with van der Waals surface area (Å²) in [4.78, 5) is 0. The number of halogens is 5. The highest BCUT2D eigenvalue weighted by Gasteiger charge is 2.27. The van der Waals surface area contributed by atoms with Gasteiger partial charge in [0, 0.05) is 18.4 Å². The maximum Gasteiger partial charge on any atom is 0.278 e. The molecule has 0 saturated carbocycles. The lowest BCUT2D eigenvalue weighted by atomic mass is 10.2. The molecule has 0 aliphatic carbocycles. The van der Waals surface area contributed by atoms with E-state index in [-0.39, 0.29) is 19.8 Å². The molecule has 0 fully saturated rings. The second-order valence-electron chi connectivity index (χ2n) is 3.29. The Morgan fingerprint density at radius 2 is 1.41 bits per heavy atom. The van der Waals surface area contributed by atoms with Crippen LogP contribution in [0, 0.1) is 0 Å². The fraction of sp³-hybridized carbons (Fsp3) is 1.00. The maximum absolute atomic E-state index is 11.7. The topological polar surface area (TPSA) is 3.24 Å². The van der Waals surface area contributed by atoms with Gasteiger partial charge in [0.05, 0.1) is 6.67 Å². The molecule has 0 saturated heterocycles. The number of alkyl halides is 2. The van der Waals surface area contributed by atoms with Crippen LogP contribution in [-0.4, -0.2) is 29.4 Å². The molecule has 0 aliphatic heterocycles. The quantitative estimate of drug-likeness (QED) is 0.314. The number of unbranched alkanes of at least 4 members (excludes halogenated alkanes) is 3. The molecular weight excluding hydrogens is 322 g/mol. The van der Waals surface area contributed by atoms with Crippen LogP contribution in [0.5, 0.6) is 0 Å². The first-order valence-electron chi connectivity index (χ1n) is 5.73. The zero-order chi connectivity index (χ0) is 13.7. The molecule has 0 heterocycles. The lowest BCUT2D eigenvalue weighted by Crippen LogP contribution is -2.19. The van der Waals surface area contributed by atoms with Crippen molar-refractivity contribution in [3.63, 3.8) is 0 Å². The van der Waals surface area contributed by atoms with Crippen molar-refractivity contribution in [1.82, 2.24) is 4.31 Å². The summed E-state index contributed by atoms with van der Waals surface area (Å²) in [6, 6.07) is 0. The van der Waals surface area contributed by atoms with Crippen molar-refractivity contribution in [2.45, 2.75) is 39.5 Å². The SMILES string of the molecule is CCN(CC)S(F)(F)F.FCCCCCCBr. The minimum Gasteiger partial charge on any atom is -0.251 e. The average Bonchev–Trinajstić information content (AvgIpc) is 2.25. The fourth-order valence-corrected chi connectivity index (χ4v) is 2.04. The van der Waals surface area contributed by atoms with Gasteiger partial charge in [-0.25, -0.2) is 0 Å². The summed E-state index contributed by atoms with van der Waals surface area (Å²) in [5, 5.41) is 1.05. The van der Waals surface area contributed by atoms with Gasteiger partial charge in [-0.3, -0.25) is 4.39 Å². The van der Waals surface area contributed by atoms with Crippen molar-refractivity contribution >= 4 is 27.3 Å². The zero-order valence-electron chi connectivity index (χ0n) is 10.4. The largest absolute Gasteiger partial charge is 0.278 e. The fourth-order valence-electron chi connectivity index (χ4n) is 1.06. The minimum absolute atomic E-state index is 0.0648. The summed E-state index contributed by atoms with van der Waals surface area (Å²) >= 11 is -1.62. The van der Waals surface area contributed by atoms with E-state index in [2.05, 4.69) is 15.9 Å². The Labute approximate surface area is 112 Å². The molecule has 0 amide bonds. The van der Waals surface area contributed by atoms with Gasteiger partial charge in [-0.2, -0.15) is 4.31 Å². The minimum atomic E-state index is -4.93. The molecule has 0 bridgehead atoms. The van der Waals surface area contributed by atoms with Crippen molar-refractivity contribution in [1.29, 1.82) is 0 Å². The third-order valence-corrected chi connectivity index (χ3v) is 3.68. The third-order valence-electron chi connectivity index (χ3n) is 2.02. The molecule has 0 aromatic rings. The van der Waals surface area contributed by atoms with Gasteiger partial charge < -0.3 is 0 Å². The molecule has 0 N–H and O–H groups in total. The van der Waals surface area contributed by atoms with Crippen molar-refractivity contribution in [3.8, 4) is 0 Å². The van der Waals surface area contributed by atoms with Gasteiger partial charge in [-0.05, 0) is 12.8 Å². The van der Waals surface area contributed by atoms with Crippen molar-refractivity contribution in [3.05, 3.63) is 0 Å². The molecule has 108 valence electrons. The Hall–Kier alpha value is 0.510. The summed E-state index contributed by atoms with van der Waals surface area (Å²) < 4.78 is 47.1. The number of hydrogen-bond donors (Lipinski definition) is 0. The van der Waals surface area contributed by atoms with E-state index in [9.17, 15) is 16.0 Å². The number of hydrogen-bond acceptors (Lipinski definition) is 1. The summed E-state index contributed by atoms with van der Waals surface area (Å²) in [5.74, 6) is 0. The van der Waals surface area contributed by atoms with E-state index in [0.29, 0.717) is 4.31 Å². The van der Waals surface area contributed by atoms with Crippen LogP contribution >= 0.6 is 27.3 Å². The van der Waals surface area contributed by atoms with E-state index >= 15 is 0 Å². The van der Waals surface area contributed by atoms with Gasteiger partial charge in [0.15, 0.2) is 0 Å². The predicted molar refractivity (Wildman–Crippen MR) is 72.1 cm³/mol. The highest BCUT2D eigenvalue weighted by atomic mass is 79.9. The van der Waals surface area contributed by atoms with Crippen LogP contribution in [0.15, 0.2) is 0 Å². The Balaban J connectivity index is 0. The maximum atomic E-state index is 11.7. The van der Waals surface area contributed by atoms with Crippen LogP contribution < -0.4 is 0 Å². The molecule has 0 spiro atoms. The summed E-state index contributed by atoms with van der Waals surface area (Å²) in [7, 11) is 0. The second-order valence-corrected chi connectivity index (χ2v) is 5.36. The average molecular weight is 344 g/mol. The molecule has 0 aliphatic rings. The normalized spacial score (nSPS) is 12.2. The van der Waals surface area contributed by atoms with Crippen LogP contribution in [0.3, 0.4) is 0 Å². The second kappa shape index (κ2) is 13.0. The summed E-state index contributed by atoms with van der Waals surface area (Å²) in [6.45, 7) is 2.99. The van der Waals surface area contributed by atoms with Gasteiger partial charge in [-0.1, -0.05) is 42.6 Å². The Morgan fingerprint density at radius 3 is 1.65 bits per heavy atom. The van der Waals surface area contributed by atoms with E-state index in [0.717, 1.165) is 24.6 Å². The molecule has 1 nitrogen and oxygen atoms in total. The molecule has 7 heteroatoms. The van der Waals surface area contributed by atoms with Crippen LogP contribution in [0.1, 0.15) is 39.5 Å². The lowest BCUT2D eigenvalue weighted by Gasteiger charge is -2.23. The third kappa shape index (κ3) is 14.4. The number of rotatable bonds is 8. The van der Waals surface area contributed by atoms with E-state index in [1.165, 1.54) is 20.3 Å². The van der Waals surface area contributed by atoms with Gasteiger partial charge >= 0.3 is 0 Å². The lowest BCUT2D eigenvalue weighted by molar-refractivity contribution is 0.416. The van der Waals surface area contributed by atoms with Crippen LogP contribution in [0.4, 0.5) is 16.0 Å². The Kier molecular flexibility index (Phi) is 15.1. The van der Waals surface area contributed by atoms with E-state index in [1.54, 1.807) is 0 Å². The summed E-state index contributed by atoms with van der Waals surface area (Å²) in [6.07, 6.45) is 4.13. The molecule has 0 radical (unpaired) electrons. The Bertz CT molecular complexity index is 148. The smallest absolute Gasteiger partial charge is 0.251 e. The molecule has 17 heavy (non-hydrogen) atoms. The molecule has 0 rings (SSSR count). The van der Waals surface area contributed by atoms with Crippen LogP contribution in [0.25, 0.3) is 0 Å². The van der Waals surface area contributed by atoms with Crippen molar-refractivity contribution in [2.75, 3.05) is 25.1 Å². The first-order valence-corrected chi connectivity index (χ1v) is 8.14. The van der Waals surface area contributed by atoms with E-state index < -0.39 is 11.4 Å². The van der Waals surface area contributed by atoms with Gasteiger partial charge in [0.2, 0.25) is 0 Å². The van der Waals surface area contributed by atoms with E-state index in [1.807, 2.05) is 0 Å². The molecule has 0 atom stereocenters. The van der Waals surface area contributed by atoms with Crippen molar-refractivity contribution < 1.29 is 16.0 Å². The summed E-state index contributed by atoms with van der Waals surface area (Å²) in [5.41, 5.74) is 0. The van der Waals surface area contributed by atoms with Gasteiger partial charge in [0.1, 0.15) is 0 Å². The molecule has 0 aromatic heterocycles. The monoisotopic (exact) mass is 343 g/mol. The first kappa shape index (κ1) is 19.8.